The van der Waals surface area contributed by atoms with Crippen molar-refractivity contribution in [3.8, 4) is 0 Å². The van der Waals surface area contributed by atoms with Gasteiger partial charge >= 0.3 is 5.97 Å². The van der Waals surface area contributed by atoms with Gasteiger partial charge in [0.05, 0.1) is 17.6 Å². The molecule has 0 saturated heterocycles. The van der Waals surface area contributed by atoms with Crippen LogP contribution in [-0.2, 0) is 15.7 Å². The van der Waals surface area contributed by atoms with Gasteiger partial charge in [0.1, 0.15) is 0 Å². The Kier molecular flexibility index (Phi) is 3.53. The van der Waals surface area contributed by atoms with Crippen molar-refractivity contribution >= 4 is 28.0 Å². The number of hydrogen-bond acceptors (Lipinski definition) is 4. The second kappa shape index (κ2) is 5.49. The molecule has 0 spiro atoms. The molecule has 21 heavy (non-hydrogen) atoms. The van der Waals surface area contributed by atoms with Crippen molar-refractivity contribution in [1.82, 2.24) is 8.96 Å². The Hall–Kier alpha value is -2.47. The number of methoxy groups -OCH3 is 1. The van der Waals surface area contributed by atoms with Crippen molar-refractivity contribution in [3.63, 3.8) is 0 Å². The van der Waals surface area contributed by atoms with Gasteiger partial charge in [-0.3, -0.25) is 0 Å². The van der Waals surface area contributed by atoms with Gasteiger partial charge in [0.15, 0.2) is 16.6 Å². The van der Waals surface area contributed by atoms with Crippen LogP contribution in [0.5, 0.6) is 0 Å². The maximum absolute atomic E-state index is 12.5. The first-order valence-electron chi connectivity index (χ1n) is 6.23. The number of benzene rings is 1. The molecule has 0 aliphatic rings. The maximum atomic E-state index is 12.5. The minimum Gasteiger partial charge on any atom is -0.465 e. The van der Waals surface area contributed by atoms with Crippen LogP contribution < -0.4 is 0 Å². The van der Waals surface area contributed by atoms with Crippen molar-refractivity contribution < 1.29 is 13.7 Å². The van der Waals surface area contributed by atoms with Crippen LogP contribution in [0.25, 0.3) is 11.0 Å². The number of hydrogen-bond donors (Lipinski definition) is 0. The van der Waals surface area contributed by atoms with Gasteiger partial charge in [-0.25, -0.2) is 18.0 Å². The Morgan fingerprint density at radius 2 is 2.00 bits per heavy atom. The molecule has 0 radical (unpaired) electrons. The van der Waals surface area contributed by atoms with E-state index >= 15 is 0 Å². The van der Waals surface area contributed by atoms with E-state index in [0.29, 0.717) is 16.1 Å². The summed E-state index contributed by atoms with van der Waals surface area (Å²) in [4.78, 5) is 16.4. The van der Waals surface area contributed by atoms with Gasteiger partial charge in [0.2, 0.25) is 0 Å². The number of nitrogens with zero attached hydrogens (tertiary/aromatic N) is 2. The van der Waals surface area contributed by atoms with Crippen LogP contribution in [0.3, 0.4) is 0 Å². The van der Waals surface area contributed by atoms with Crippen molar-refractivity contribution in [2.75, 3.05) is 7.11 Å². The third-order valence-corrected chi connectivity index (χ3v) is 4.37. The van der Waals surface area contributed by atoms with Crippen LogP contribution in [0.15, 0.2) is 59.8 Å². The van der Waals surface area contributed by atoms with Gasteiger partial charge in [0.25, 0.3) is 0 Å². The molecule has 3 rings (SSSR count). The fourth-order valence-corrected chi connectivity index (χ4v) is 3.11. The highest BCUT2D eigenvalue weighted by atomic mass is 32.2. The van der Waals surface area contributed by atoms with Crippen molar-refractivity contribution in [1.29, 1.82) is 0 Å². The lowest BCUT2D eigenvalue weighted by molar-refractivity contribution is 0.0600. The van der Waals surface area contributed by atoms with E-state index in [1.165, 1.54) is 13.3 Å². The Bertz CT molecular complexity index is 827. The molecule has 0 fully saturated rings. The van der Waals surface area contributed by atoms with Gasteiger partial charge in [-0.1, -0.05) is 18.2 Å². The lowest BCUT2D eigenvalue weighted by Gasteiger charge is -2.05. The highest BCUT2D eigenvalue weighted by Crippen LogP contribution is 2.19. The summed E-state index contributed by atoms with van der Waals surface area (Å²) in [6, 6.07) is 12.6. The third kappa shape index (κ3) is 2.45. The highest BCUT2D eigenvalue weighted by Gasteiger charge is 2.13. The zero-order chi connectivity index (χ0) is 14.8. The molecule has 6 heteroatoms. The molecule has 106 valence electrons. The molecule has 0 aliphatic heterocycles. The van der Waals surface area contributed by atoms with Crippen LogP contribution in [0.1, 0.15) is 10.4 Å². The molecule has 0 N–H and O–H groups in total. The number of rotatable bonds is 3. The molecule has 1 unspecified atom stereocenters. The topological polar surface area (TPSA) is 61.2 Å². The number of aromatic nitrogens is 2. The summed E-state index contributed by atoms with van der Waals surface area (Å²) in [5.41, 5.74) is 0.929. The first-order valence-corrected chi connectivity index (χ1v) is 7.34. The summed E-state index contributed by atoms with van der Waals surface area (Å²) in [6.45, 7) is 0. The summed E-state index contributed by atoms with van der Waals surface area (Å²) in [5, 5.41) is 0.738. The number of carbonyl (C=O) groups excluding carboxylic acids is 1. The lowest BCUT2D eigenvalue weighted by Crippen LogP contribution is -2.05. The Morgan fingerprint density at radius 3 is 2.71 bits per heavy atom. The second-order valence-corrected chi connectivity index (χ2v) is 5.70. The second-order valence-electron chi connectivity index (χ2n) is 4.33. The van der Waals surface area contributed by atoms with Crippen LogP contribution in [0.4, 0.5) is 0 Å². The molecule has 0 saturated carbocycles. The molecule has 3 aromatic rings. The van der Waals surface area contributed by atoms with Gasteiger partial charge in [-0.2, -0.15) is 0 Å². The molecule has 2 heterocycles. The zero-order valence-corrected chi connectivity index (χ0v) is 12.0. The van der Waals surface area contributed by atoms with Gasteiger partial charge in [0, 0.05) is 17.8 Å². The summed E-state index contributed by atoms with van der Waals surface area (Å²) in [5.74, 6) is -0.443. The van der Waals surface area contributed by atoms with Crippen molar-refractivity contribution in [2.45, 2.75) is 4.90 Å². The minimum absolute atomic E-state index is 0.369. The normalized spacial score (nSPS) is 12.2. The van der Waals surface area contributed by atoms with E-state index in [1.54, 1.807) is 34.4 Å². The predicted octanol–water partition coefficient (Wildman–Crippen LogP) is 2.39. The Morgan fingerprint density at radius 1 is 1.24 bits per heavy atom. The molecule has 2 aromatic heterocycles. The van der Waals surface area contributed by atoms with E-state index in [-0.39, 0.29) is 0 Å². The lowest BCUT2D eigenvalue weighted by atomic mass is 10.2. The molecule has 0 bridgehead atoms. The SMILES string of the molecule is COC(=O)c1cnc2c(ccn2S(=O)c2ccccc2)c1. The zero-order valence-electron chi connectivity index (χ0n) is 11.2. The average molecular weight is 300 g/mol. The van der Waals surface area contributed by atoms with Gasteiger partial charge in [-0.05, 0) is 24.3 Å². The smallest absolute Gasteiger partial charge is 0.339 e. The molecular weight excluding hydrogens is 288 g/mol. The number of pyridine rings is 1. The largest absolute Gasteiger partial charge is 0.465 e. The molecular formula is C15H12N2O3S. The van der Waals surface area contributed by atoms with E-state index in [1.807, 2.05) is 18.2 Å². The van der Waals surface area contributed by atoms with E-state index in [4.69, 9.17) is 0 Å². The average Bonchev–Trinajstić information content (AvgIpc) is 2.97. The fourth-order valence-electron chi connectivity index (χ4n) is 2.01. The minimum atomic E-state index is -1.37. The van der Waals surface area contributed by atoms with Crippen LogP contribution in [0.2, 0.25) is 0 Å². The summed E-state index contributed by atoms with van der Waals surface area (Å²) >= 11 is 0. The Labute approximate surface area is 123 Å². The first-order chi connectivity index (χ1) is 10.2. The van der Waals surface area contributed by atoms with Crippen LogP contribution in [-0.4, -0.2) is 26.2 Å². The van der Waals surface area contributed by atoms with Gasteiger partial charge < -0.3 is 4.74 Å². The van der Waals surface area contributed by atoms with Gasteiger partial charge in [-0.15, -0.1) is 0 Å². The quantitative estimate of drug-likeness (QED) is 0.697. The summed E-state index contributed by atoms with van der Waals surface area (Å²) < 4.78 is 18.8. The number of carbonyl (C=O) groups is 1. The van der Waals surface area contributed by atoms with E-state index in [9.17, 15) is 9.00 Å². The van der Waals surface area contributed by atoms with Crippen molar-refractivity contribution in [2.24, 2.45) is 0 Å². The third-order valence-electron chi connectivity index (χ3n) is 3.04. The van der Waals surface area contributed by atoms with Crippen LogP contribution in [0, 0.1) is 0 Å². The van der Waals surface area contributed by atoms with E-state index in [0.717, 1.165) is 5.39 Å². The summed E-state index contributed by atoms with van der Waals surface area (Å²) in [6.07, 6.45) is 3.12. The predicted molar refractivity (Wildman–Crippen MR) is 79.3 cm³/mol. The van der Waals surface area contributed by atoms with Crippen LogP contribution >= 0.6 is 0 Å². The molecule has 1 aromatic carbocycles. The monoisotopic (exact) mass is 300 g/mol. The molecule has 1 atom stereocenters. The standard InChI is InChI=1S/C15H12N2O3S/c1-20-15(18)12-9-11-7-8-17(14(11)16-10-12)21(19)13-5-3-2-4-6-13/h2-10H,1H3. The van der Waals surface area contributed by atoms with Crippen molar-refractivity contribution in [3.05, 3.63) is 60.4 Å². The highest BCUT2D eigenvalue weighted by molar-refractivity contribution is 7.83. The number of esters is 1. The number of ether oxygens (including phenoxy) is 1. The maximum Gasteiger partial charge on any atom is 0.339 e. The van der Waals surface area contributed by atoms with E-state index in [2.05, 4.69) is 9.72 Å². The molecule has 0 amide bonds. The molecule has 5 nitrogen and oxygen atoms in total. The molecule has 0 aliphatic carbocycles. The Balaban J connectivity index is 2.05. The number of fused-ring (bicyclic) bond motifs is 1. The summed E-state index contributed by atoms with van der Waals surface area (Å²) in [7, 11) is -0.0498. The fraction of sp³-hybridized carbons (Fsp3) is 0.0667. The van der Waals surface area contributed by atoms with E-state index < -0.39 is 17.0 Å². The first kappa shape index (κ1) is 13.5.